The highest BCUT2D eigenvalue weighted by atomic mass is 35.5. The summed E-state index contributed by atoms with van der Waals surface area (Å²) < 4.78 is 0. The standard InChI is InChI=1S/C28H29Cl2N3O/c1-32-27(23-6-2-3-7-24(23)28(32)34)22(20-8-9-25(29)26(30)17-20)12-16-33-14-10-19(11-15-33)21-5-4-13-31-18-21/h2-9,13,17-19,22,27H,10-12,14-16H2,1H3/t22?,27-/m1/s1. The maximum Gasteiger partial charge on any atom is 0.254 e. The van der Waals surface area contributed by atoms with Crippen LogP contribution in [0.3, 0.4) is 0 Å². The highest BCUT2D eigenvalue weighted by molar-refractivity contribution is 6.42. The lowest BCUT2D eigenvalue weighted by atomic mass is 9.84. The Morgan fingerprint density at radius 2 is 1.82 bits per heavy atom. The van der Waals surface area contributed by atoms with Gasteiger partial charge < -0.3 is 9.80 Å². The van der Waals surface area contributed by atoms with Crippen molar-refractivity contribution in [2.45, 2.75) is 37.1 Å². The molecule has 2 aliphatic rings. The third-order valence-corrected chi connectivity index (χ3v) is 8.24. The van der Waals surface area contributed by atoms with Crippen LogP contribution in [-0.4, -0.2) is 47.4 Å². The van der Waals surface area contributed by atoms with Crippen molar-refractivity contribution in [3.63, 3.8) is 0 Å². The number of piperidine rings is 1. The summed E-state index contributed by atoms with van der Waals surface area (Å²) in [5.74, 6) is 0.799. The predicted molar refractivity (Wildman–Crippen MR) is 138 cm³/mol. The Kier molecular flexibility index (Phi) is 6.91. The first kappa shape index (κ1) is 23.3. The molecule has 0 saturated carbocycles. The van der Waals surface area contributed by atoms with Gasteiger partial charge in [-0.3, -0.25) is 9.78 Å². The summed E-state index contributed by atoms with van der Waals surface area (Å²) in [5.41, 5.74) is 4.37. The number of hydrogen-bond acceptors (Lipinski definition) is 3. The Morgan fingerprint density at radius 3 is 2.56 bits per heavy atom. The number of aromatic nitrogens is 1. The van der Waals surface area contributed by atoms with Gasteiger partial charge in [-0.2, -0.15) is 0 Å². The summed E-state index contributed by atoms with van der Waals surface area (Å²) in [6.07, 6.45) is 7.07. The maximum atomic E-state index is 13.0. The molecular weight excluding hydrogens is 465 g/mol. The number of hydrogen-bond donors (Lipinski definition) is 0. The normalized spacial score (nSPS) is 19.9. The SMILES string of the molecule is CN1C(=O)c2ccccc2[C@H]1C(CCN1CCC(c2cccnc2)CC1)c1ccc(Cl)c(Cl)c1. The smallest absolute Gasteiger partial charge is 0.254 e. The summed E-state index contributed by atoms with van der Waals surface area (Å²) >= 11 is 12.7. The number of fused-ring (bicyclic) bond motifs is 1. The van der Waals surface area contributed by atoms with Crippen LogP contribution in [-0.2, 0) is 0 Å². The second-order valence-corrected chi connectivity index (χ2v) is 10.2. The average molecular weight is 494 g/mol. The molecule has 0 radical (unpaired) electrons. The van der Waals surface area contributed by atoms with Crippen LogP contribution in [0.25, 0.3) is 0 Å². The van der Waals surface area contributed by atoms with Gasteiger partial charge in [-0.25, -0.2) is 0 Å². The Labute approximate surface area is 211 Å². The first-order valence-corrected chi connectivity index (χ1v) is 12.7. The number of nitrogens with zero attached hydrogens (tertiary/aromatic N) is 3. The molecule has 0 N–H and O–H groups in total. The highest BCUT2D eigenvalue weighted by Crippen LogP contribution is 2.45. The number of carbonyl (C=O) groups excluding carboxylic acids is 1. The Morgan fingerprint density at radius 1 is 1.03 bits per heavy atom. The zero-order chi connectivity index (χ0) is 23.7. The fraction of sp³-hybridized carbons (Fsp3) is 0.357. The van der Waals surface area contributed by atoms with Crippen LogP contribution in [0.5, 0.6) is 0 Å². The van der Waals surface area contributed by atoms with Gasteiger partial charge in [0.15, 0.2) is 0 Å². The Bertz CT molecular complexity index is 1160. The molecule has 2 aromatic carbocycles. The fourth-order valence-electron chi connectivity index (χ4n) is 5.64. The van der Waals surface area contributed by atoms with E-state index in [4.69, 9.17) is 23.2 Å². The number of likely N-dealkylation sites (N-methyl/N-ethyl adjacent to an activating group) is 1. The fourth-order valence-corrected chi connectivity index (χ4v) is 5.95. The van der Waals surface area contributed by atoms with Crippen LogP contribution in [0, 0.1) is 0 Å². The molecule has 4 nitrogen and oxygen atoms in total. The van der Waals surface area contributed by atoms with E-state index in [1.54, 1.807) is 0 Å². The molecule has 3 heterocycles. The Hall–Kier alpha value is -2.40. The van der Waals surface area contributed by atoms with Crippen LogP contribution in [0.4, 0.5) is 0 Å². The van der Waals surface area contributed by atoms with Gasteiger partial charge in [-0.15, -0.1) is 0 Å². The molecule has 34 heavy (non-hydrogen) atoms. The van der Waals surface area contributed by atoms with E-state index in [1.807, 2.05) is 60.7 Å². The van der Waals surface area contributed by atoms with E-state index < -0.39 is 0 Å². The molecule has 1 fully saturated rings. The van der Waals surface area contributed by atoms with Crippen molar-refractivity contribution in [2.75, 3.05) is 26.7 Å². The molecule has 0 spiro atoms. The average Bonchev–Trinajstić information content (AvgIpc) is 3.12. The van der Waals surface area contributed by atoms with E-state index in [0.717, 1.165) is 55.6 Å². The molecule has 2 atom stereocenters. The lowest BCUT2D eigenvalue weighted by Crippen LogP contribution is -2.35. The second-order valence-electron chi connectivity index (χ2n) is 9.42. The van der Waals surface area contributed by atoms with Gasteiger partial charge in [-0.1, -0.05) is 53.5 Å². The number of benzene rings is 2. The second kappa shape index (κ2) is 10.1. The van der Waals surface area contributed by atoms with E-state index in [2.05, 4.69) is 28.1 Å². The molecule has 1 amide bonds. The molecule has 6 heteroatoms. The number of rotatable bonds is 6. The number of pyridine rings is 1. The van der Waals surface area contributed by atoms with Crippen molar-refractivity contribution in [1.82, 2.24) is 14.8 Å². The predicted octanol–water partition coefficient (Wildman–Crippen LogP) is 6.57. The van der Waals surface area contributed by atoms with Crippen molar-refractivity contribution in [2.24, 2.45) is 0 Å². The van der Waals surface area contributed by atoms with Crippen LogP contribution in [0.2, 0.25) is 10.0 Å². The van der Waals surface area contributed by atoms with E-state index in [1.165, 1.54) is 5.56 Å². The molecule has 1 unspecified atom stereocenters. The third kappa shape index (κ3) is 4.59. The minimum atomic E-state index is -0.0196. The van der Waals surface area contributed by atoms with Crippen LogP contribution >= 0.6 is 23.2 Å². The molecule has 1 saturated heterocycles. The molecule has 176 valence electrons. The van der Waals surface area contributed by atoms with Crippen molar-refractivity contribution < 1.29 is 4.79 Å². The number of likely N-dealkylation sites (tertiary alicyclic amines) is 1. The molecule has 3 aromatic rings. The first-order valence-electron chi connectivity index (χ1n) is 12.0. The van der Waals surface area contributed by atoms with Gasteiger partial charge in [0.2, 0.25) is 0 Å². The topological polar surface area (TPSA) is 36.4 Å². The number of amides is 1. The summed E-state index contributed by atoms with van der Waals surface area (Å²) in [6.45, 7) is 3.12. The number of halogens is 2. The van der Waals surface area contributed by atoms with E-state index in [9.17, 15) is 4.79 Å². The van der Waals surface area contributed by atoms with Crippen LogP contribution in [0.1, 0.15) is 64.2 Å². The van der Waals surface area contributed by atoms with Gasteiger partial charge >= 0.3 is 0 Å². The zero-order valence-corrected chi connectivity index (χ0v) is 20.8. The lowest BCUT2D eigenvalue weighted by Gasteiger charge is -2.35. The summed E-state index contributed by atoms with van der Waals surface area (Å²) in [5, 5.41) is 1.11. The number of carbonyl (C=O) groups is 1. The molecule has 0 aliphatic carbocycles. The van der Waals surface area contributed by atoms with Gasteiger partial charge in [0.25, 0.3) is 5.91 Å². The molecular formula is C28H29Cl2N3O. The van der Waals surface area contributed by atoms with Crippen LogP contribution < -0.4 is 0 Å². The molecule has 1 aromatic heterocycles. The van der Waals surface area contributed by atoms with Crippen molar-refractivity contribution in [1.29, 1.82) is 0 Å². The third-order valence-electron chi connectivity index (χ3n) is 7.50. The summed E-state index contributed by atoms with van der Waals surface area (Å²) in [4.78, 5) is 21.7. The van der Waals surface area contributed by atoms with Gasteiger partial charge in [0, 0.05) is 30.9 Å². The monoisotopic (exact) mass is 493 g/mol. The highest BCUT2D eigenvalue weighted by Gasteiger charge is 2.39. The van der Waals surface area contributed by atoms with E-state index >= 15 is 0 Å². The molecule has 2 aliphatic heterocycles. The first-order chi connectivity index (χ1) is 16.5. The summed E-state index contributed by atoms with van der Waals surface area (Å²) in [6, 6.07) is 18.1. The summed E-state index contributed by atoms with van der Waals surface area (Å²) in [7, 11) is 1.91. The zero-order valence-electron chi connectivity index (χ0n) is 19.3. The largest absolute Gasteiger partial charge is 0.334 e. The Balaban J connectivity index is 1.35. The van der Waals surface area contributed by atoms with Gasteiger partial charge in [0.1, 0.15) is 0 Å². The quantitative estimate of drug-likeness (QED) is 0.389. The maximum absolute atomic E-state index is 13.0. The van der Waals surface area contributed by atoms with Crippen molar-refractivity contribution in [3.05, 3.63) is 99.3 Å². The van der Waals surface area contributed by atoms with Crippen molar-refractivity contribution >= 4 is 29.1 Å². The van der Waals surface area contributed by atoms with E-state index in [0.29, 0.717) is 16.0 Å². The van der Waals surface area contributed by atoms with Crippen LogP contribution in [0.15, 0.2) is 67.0 Å². The molecule has 0 bridgehead atoms. The minimum absolute atomic E-state index is 0.0196. The minimum Gasteiger partial charge on any atom is -0.334 e. The van der Waals surface area contributed by atoms with Gasteiger partial charge in [0.05, 0.1) is 16.1 Å². The lowest BCUT2D eigenvalue weighted by molar-refractivity contribution is 0.0746. The van der Waals surface area contributed by atoms with Gasteiger partial charge in [-0.05, 0) is 85.8 Å². The molecule has 5 rings (SSSR count). The van der Waals surface area contributed by atoms with Crippen molar-refractivity contribution in [3.8, 4) is 0 Å². The van der Waals surface area contributed by atoms with E-state index in [-0.39, 0.29) is 17.9 Å².